The van der Waals surface area contributed by atoms with E-state index in [1.807, 2.05) is 0 Å². The second-order valence-electron chi connectivity index (χ2n) is 9.27. The van der Waals surface area contributed by atoms with Crippen LogP contribution >= 0.6 is 7.82 Å². The highest BCUT2D eigenvalue weighted by atomic mass is 31.2. The largest absolute Gasteiger partial charge is 0.472 e. The van der Waals surface area contributed by atoms with E-state index in [0.717, 1.165) is 21.9 Å². The maximum Gasteiger partial charge on any atom is 0.472 e. The van der Waals surface area contributed by atoms with Gasteiger partial charge in [0.15, 0.2) is 52.9 Å². The molecule has 23 heteroatoms. The Balaban J connectivity index is 1.19. The van der Waals surface area contributed by atoms with Crippen molar-refractivity contribution in [3.05, 3.63) is 23.0 Å². The van der Waals surface area contributed by atoms with Gasteiger partial charge in [-0.05, 0) is 0 Å². The molecule has 42 heavy (non-hydrogen) atoms. The van der Waals surface area contributed by atoms with Crippen molar-refractivity contribution in [3.8, 4) is 0 Å². The van der Waals surface area contributed by atoms with Gasteiger partial charge in [-0.2, -0.15) is 9.67 Å². The van der Waals surface area contributed by atoms with E-state index in [1.165, 1.54) is 0 Å². The van der Waals surface area contributed by atoms with Crippen LogP contribution in [0.25, 0.3) is 22.3 Å². The van der Waals surface area contributed by atoms with Gasteiger partial charge in [-0.15, -0.1) is 5.10 Å². The number of alkyl halides is 2. The number of phosphoric acid groups is 1. The molecule has 0 spiro atoms. The monoisotopic (exact) mass is 617 g/mol. The Bertz CT molecular complexity index is 1740. The summed E-state index contributed by atoms with van der Waals surface area (Å²) in [6.07, 6.45) is -12.1. The first-order chi connectivity index (χ1) is 20.0. The molecule has 0 radical (unpaired) electrons. The third-order valence-electron chi connectivity index (χ3n) is 6.65. The maximum atomic E-state index is 15.2. The number of nitrogens with two attached hydrogens (primary N) is 2. The first-order valence-electron chi connectivity index (χ1n) is 12.1. The molecular formula is C19H22F2N11O9P. The highest BCUT2D eigenvalue weighted by Gasteiger charge is 2.52. The Morgan fingerprint density at radius 3 is 2.62 bits per heavy atom. The number of H-pyrrole nitrogens is 1. The lowest BCUT2D eigenvalue weighted by Gasteiger charge is -2.24. The Hall–Kier alpha value is -3.76. The molecule has 226 valence electrons. The zero-order chi connectivity index (χ0) is 29.9. The van der Waals surface area contributed by atoms with Gasteiger partial charge in [0.2, 0.25) is 5.95 Å². The van der Waals surface area contributed by atoms with Crippen LogP contribution in [0.1, 0.15) is 12.5 Å². The third-order valence-corrected chi connectivity index (χ3v) is 7.64. The van der Waals surface area contributed by atoms with E-state index in [4.69, 9.17) is 30.0 Å². The number of aromatic amines is 1. The van der Waals surface area contributed by atoms with Gasteiger partial charge in [-0.1, -0.05) is 5.21 Å². The van der Waals surface area contributed by atoms with E-state index in [2.05, 4.69) is 35.2 Å². The molecular weight excluding hydrogens is 595 g/mol. The molecule has 2 fully saturated rings. The zero-order valence-electron chi connectivity index (χ0n) is 20.9. The number of ether oxygens (including phenoxy) is 2. The Morgan fingerprint density at radius 2 is 1.86 bits per heavy atom. The molecule has 0 bridgehead atoms. The third kappa shape index (κ3) is 4.76. The number of phosphoric ester groups is 1. The smallest absolute Gasteiger partial charge is 0.394 e. The Labute approximate surface area is 230 Å². The van der Waals surface area contributed by atoms with Gasteiger partial charge in [0.25, 0.3) is 5.56 Å². The van der Waals surface area contributed by atoms with Crippen LogP contribution in [-0.2, 0) is 23.1 Å². The summed E-state index contributed by atoms with van der Waals surface area (Å²) < 4.78 is 66.0. The number of halogens is 2. The SMILES string of the molecule is Nc1nc2c(ncn2[C@@H]2O[C@H](CO)[C@H](F)[C@H]2OP(=O)(O)OC[C@H]2O[C@@H](n3nnc4c(N)ncnc43)[C@@H](F)[C@@H]2O)c(=O)[nH]1. The van der Waals surface area contributed by atoms with Gasteiger partial charge in [0.1, 0.15) is 30.7 Å². The van der Waals surface area contributed by atoms with E-state index in [1.54, 1.807) is 0 Å². The molecule has 0 amide bonds. The zero-order valence-corrected chi connectivity index (χ0v) is 21.8. The average Bonchev–Trinajstić information content (AvgIpc) is 3.69. The van der Waals surface area contributed by atoms with Crippen LogP contribution in [-0.4, -0.2) is 110 Å². The van der Waals surface area contributed by atoms with Crippen molar-refractivity contribution >= 4 is 41.9 Å². The number of nitrogens with zero attached hydrogens (tertiary/aromatic N) is 8. The van der Waals surface area contributed by atoms with Crippen molar-refractivity contribution < 1.29 is 47.0 Å². The second kappa shape index (κ2) is 10.5. The summed E-state index contributed by atoms with van der Waals surface area (Å²) in [4.78, 5) is 40.3. The lowest BCUT2D eigenvalue weighted by atomic mass is 10.1. The minimum Gasteiger partial charge on any atom is -0.394 e. The molecule has 2 aliphatic rings. The number of aliphatic hydroxyl groups is 2. The number of imidazole rings is 1. The summed E-state index contributed by atoms with van der Waals surface area (Å²) in [5.74, 6) is -0.331. The van der Waals surface area contributed by atoms with Crippen LogP contribution in [0.3, 0.4) is 0 Å². The molecule has 0 saturated carbocycles. The van der Waals surface area contributed by atoms with Gasteiger partial charge in [0.05, 0.1) is 19.5 Å². The predicted octanol–water partition coefficient (Wildman–Crippen LogP) is -2.15. The molecule has 0 aromatic carbocycles. The lowest BCUT2D eigenvalue weighted by molar-refractivity contribution is -0.0622. The van der Waals surface area contributed by atoms with E-state index < -0.39 is 75.8 Å². The van der Waals surface area contributed by atoms with Crippen LogP contribution in [0.4, 0.5) is 20.5 Å². The van der Waals surface area contributed by atoms with Gasteiger partial charge in [0, 0.05) is 0 Å². The fraction of sp³-hybridized carbons (Fsp3) is 0.526. The molecule has 8 N–H and O–H groups in total. The first kappa shape index (κ1) is 28.4. The standard InChI is InChI=1S/C19H22F2N11O9P/c20-7-5(1-33)39-18(31-4-26-10-15(31)27-19(23)28-16(10)35)12(7)41-42(36,37)38-2-6-11(34)8(21)17(40-6)32-14-9(29-30-32)13(22)24-3-25-14/h3-8,11-12,17-18,33-34H,1-2H2,(H,36,37)(H2,22,24,25)(H3,23,27,28,35)/t5-,6-,7+,8+,11-,12-,17-,18-/m1/s1. The Kier molecular flexibility index (Phi) is 7.09. The summed E-state index contributed by atoms with van der Waals surface area (Å²) in [6.45, 7) is -1.73. The van der Waals surface area contributed by atoms with Gasteiger partial charge < -0.3 is 36.0 Å². The second-order valence-corrected chi connectivity index (χ2v) is 10.7. The Morgan fingerprint density at radius 1 is 1.10 bits per heavy atom. The summed E-state index contributed by atoms with van der Waals surface area (Å²) >= 11 is 0. The number of rotatable bonds is 8. The van der Waals surface area contributed by atoms with E-state index in [-0.39, 0.29) is 34.1 Å². The summed E-state index contributed by atoms with van der Waals surface area (Å²) in [5.41, 5.74) is 10.3. The minimum atomic E-state index is -5.19. The van der Waals surface area contributed by atoms with Crippen molar-refractivity contribution in [3.63, 3.8) is 0 Å². The van der Waals surface area contributed by atoms with E-state index in [9.17, 15) is 24.5 Å². The number of hydrogen-bond donors (Lipinski definition) is 6. The number of nitrogens with one attached hydrogen (secondary N) is 1. The number of nitrogen functional groups attached to an aromatic ring is 2. The van der Waals surface area contributed by atoms with Crippen LogP contribution in [0.5, 0.6) is 0 Å². The maximum absolute atomic E-state index is 15.2. The van der Waals surface area contributed by atoms with Crippen LogP contribution < -0.4 is 17.0 Å². The molecule has 0 aliphatic carbocycles. The van der Waals surface area contributed by atoms with Crippen molar-refractivity contribution in [1.82, 2.24) is 44.5 Å². The molecule has 6 rings (SSSR count). The van der Waals surface area contributed by atoms with Crippen molar-refractivity contribution in [2.75, 3.05) is 24.7 Å². The van der Waals surface area contributed by atoms with Gasteiger partial charge in [-0.25, -0.2) is 28.3 Å². The van der Waals surface area contributed by atoms with Crippen molar-refractivity contribution in [1.29, 1.82) is 0 Å². The van der Waals surface area contributed by atoms with Gasteiger partial charge in [-0.3, -0.25) is 23.4 Å². The average molecular weight is 617 g/mol. The predicted molar refractivity (Wildman–Crippen MR) is 131 cm³/mol. The normalized spacial score (nSPS) is 31.3. The molecule has 1 unspecified atom stereocenters. The molecule has 20 nitrogen and oxygen atoms in total. The molecule has 6 heterocycles. The quantitative estimate of drug-likeness (QED) is 0.115. The number of fused-ring (bicyclic) bond motifs is 2. The molecule has 2 saturated heterocycles. The lowest BCUT2D eigenvalue weighted by Crippen LogP contribution is -2.33. The molecule has 9 atom stereocenters. The number of anilines is 2. The molecule has 4 aromatic heterocycles. The number of aromatic nitrogens is 9. The van der Waals surface area contributed by atoms with Crippen molar-refractivity contribution in [2.24, 2.45) is 0 Å². The number of hydrogen-bond acceptors (Lipinski definition) is 16. The first-order valence-corrected chi connectivity index (χ1v) is 13.6. The highest BCUT2D eigenvalue weighted by Crippen LogP contribution is 2.50. The van der Waals surface area contributed by atoms with Crippen LogP contribution in [0.15, 0.2) is 17.4 Å². The molecule has 2 aliphatic heterocycles. The molecule has 4 aromatic rings. The van der Waals surface area contributed by atoms with Gasteiger partial charge >= 0.3 is 7.82 Å². The van der Waals surface area contributed by atoms with Crippen molar-refractivity contribution in [2.45, 2.75) is 49.2 Å². The van der Waals surface area contributed by atoms with E-state index >= 15 is 8.78 Å². The van der Waals surface area contributed by atoms with Crippen LogP contribution in [0.2, 0.25) is 0 Å². The van der Waals surface area contributed by atoms with E-state index in [0.29, 0.717) is 0 Å². The minimum absolute atomic E-state index is 0.00467. The fourth-order valence-corrected chi connectivity index (χ4v) is 5.58. The highest BCUT2D eigenvalue weighted by molar-refractivity contribution is 7.47. The summed E-state index contributed by atoms with van der Waals surface area (Å²) in [7, 11) is -5.19. The summed E-state index contributed by atoms with van der Waals surface area (Å²) in [5, 5.41) is 27.4. The van der Waals surface area contributed by atoms with Crippen LogP contribution in [0, 0.1) is 0 Å². The topological polar surface area (TPSA) is 287 Å². The summed E-state index contributed by atoms with van der Waals surface area (Å²) in [6, 6.07) is 0. The fourth-order valence-electron chi connectivity index (χ4n) is 4.65. The number of aliphatic hydroxyl groups excluding tert-OH is 2.